The summed E-state index contributed by atoms with van der Waals surface area (Å²) >= 11 is 18.5. The Kier molecular flexibility index (Phi) is 19.7. The van der Waals surface area contributed by atoms with Crippen molar-refractivity contribution >= 4 is 129 Å². The molecule has 3 aromatic carbocycles. The molecule has 0 aliphatic carbocycles. The van der Waals surface area contributed by atoms with Crippen LogP contribution in [-0.4, -0.2) is 75.0 Å². The van der Waals surface area contributed by atoms with E-state index in [-0.39, 0.29) is 82.9 Å². The van der Waals surface area contributed by atoms with Crippen molar-refractivity contribution in [1.29, 1.82) is 0 Å². The fourth-order valence-corrected chi connectivity index (χ4v) is 13.4. The summed E-state index contributed by atoms with van der Waals surface area (Å²) in [4.78, 5) is 64.2. The Bertz CT molecular complexity index is 3840. The van der Waals surface area contributed by atoms with Gasteiger partial charge >= 0.3 is 14.6 Å². The first-order chi connectivity index (χ1) is 38.1. The van der Waals surface area contributed by atoms with Gasteiger partial charge in [-0.1, -0.05) is 129 Å². The second-order valence-corrected chi connectivity index (χ2v) is 23.7. The van der Waals surface area contributed by atoms with Crippen LogP contribution >= 0.6 is 92.5 Å². The zero-order chi connectivity index (χ0) is 55.9. The van der Waals surface area contributed by atoms with Crippen LogP contribution < -0.4 is 19.9 Å². The van der Waals surface area contributed by atoms with Crippen molar-refractivity contribution in [2.45, 2.75) is 96.7 Å². The van der Waals surface area contributed by atoms with E-state index in [1.54, 1.807) is 11.5 Å². The molecule has 0 amide bonds. The second kappa shape index (κ2) is 26.6. The van der Waals surface area contributed by atoms with Gasteiger partial charge in [-0.05, 0) is 63.6 Å². The fourth-order valence-electron chi connectivity index (χ4n) is 7.90. The highest BCUT2D eigenvalue weighted by atomic mass is 35.5. The molecule has 11 rings (SSSR count). The summed E-state index contributed by atoms with van der Waals surface area (Å²) in [6.07, 6.45) is 4.50. The zero-order valence-corrected chi connectivity index (χ0v) is 47.4. The number of H-pyrrole nitrogens is 1. The molecular weight excluding hydrogens is 1200 g/mol. The van der Waals surface area contributed by atoms with E-state index >= 15 is 0 Å². The molecule has 30 heteroatoms. The van der Waals surface area contributed by atoms with Gasteiger partial charge in [0, 0.05) is 53.2 Å². The lowest BCUT2D eigenvalue weighted by molar-refractivity contribution is -0.0309. The van der Waals surface area contributed by atoms with Crippen LogP contribution in [-0.2, 0) is 26.7 Å². The van der Waals surface area contributed by atoms with Crippen molar-refractivity contribution in [2.24, 2.45) is 0 Å². The Balaban J connectivity index is 0.000000146. The number of thioether (sulfide) groups is 3. The van der Waals surface area contributed by atoms with Gasteiger partial charge < -0.3 is 19.9 Å². The molecular formula is C49H42Cl2F6N10O6S6. The highest BCUT2D eigenvalue weighted by Gasteiger charge is 2.27. The van der Waals surface area contributed by atoms with E-state index in [4.69, 9.17) is 32.7 Å². The second-order valence-electron chi connectivity index (χ2n) is 17.3. The molecule has 2 aliphatic rings. The Hall–Kier alpha value is -5.14. The number of benzene rings is 3. The Morgan fingerprint density at radius 1 is 0.633 bits per heavy atom. The minimum absolute atomic E-state index is 0.121. The maximum atomic E-state index is 14.0. The van der Waals surface area contributed by atoms with Crippen molar-refractivity contribution in [1.82, 2.24) is 44.0 Å². The number of rotatable bonds is 14. The van der Waals surface area contributed by atoms with Crippen LogP contribution in [0.5, 0.6) is 0 Å². The third kappa shape index (κ3) is 14.0. The molecule has 2 saturated heterocycles. The van der Waals surface area contributed by atoms with Crippen LogP contribution in [0, 0.1) is 34.9 Å². The third-order valence-electron chi connectivity index (χ3n) is 11.8. The maximum Gasteiger partial charge on any atom is 0.311 e. The number of hydrogen-bond donors (Lipinski definition) is 3. The number of fused-ring (bicyclic) bond motifs is 3. The number of aliphatic hydroxyl groups excluding tert-OH is 1. The lowest BCUT2D eigenvalue weighted by Gasteiger charge is -2.23. The van der Waals surface area contributed by atoms with E-state index in [1.807, 2.05) is 0 Å². The molecule has 3 atom stereocenters. The Morgan fingerprint density at radius 2 is 1.08 bits per heavy atom. The van der Waals surface area contributed by atoms with Gasteiger partial charge in [-0.15, -0.1) is 0 Å². The van der Waals surface area contributed by atoms with E-state index in [1.165, 1.54) is 41.0 Å². The number of anilines is 1. The smallest absolute Gasteiger partial charge is 0.311 e. The number of thiazole rings is 3. The van der Waals surface area contributed by atoms with Gasteiger partial charge in [0.05, 0.1) is 6.61 Å². The van der Waals surface area contributed by atoms with Crippen molar-refractivity contribution in [3.05, 3.63) is 145 Å². The van der Waals surface area contributed by atoms with Gasteiger partial charge in [0.1, 0.15) is 26.6 Å². The predicted octanol–water partition coefficient (Wildman–Crippen LogP) is 12.3. The molecule has 0 saturated carbocycles. The topological polar surface area (TPSA) is 205 Å². The molecule has 2 fully saturated rings. The standard InChI is InChI=1S/C20H22F2N4O3S2.C17H14ClF2N3O2S2.C12H6ClF2N3OS2/c1-11(9-27)23-17-16-18(26(20(28)31-16)14-7-2-3-8-29-14)25-19(24-17)30-10-12-5-4-6-13(21)15(12)22;18-14-13-15(23(17(24)27-13)11-6-1-2-7-25-11)22-16(21-14)26-8-9-4-3-5-10(19)12(9)20;13-9-8-10(18-12(19)21-8)17-11(16-9)20-4-5-2-1-3-6(14)7(5)15/h4-6,11,14,27H,2-3,7-10H2,1H3,(H,23,24,25);3-5,11H,1-2,6-8H2;1-3H,4H2,(H,16,17,18,19)/t11-,14?;;/m1../s1. The number of aliphatic hydroxyl groups is 1. The lowest BCUT2D eigenvalue weighted by atomic mass is 10.2. The summed E-state index contributed by atoms with van der Waals surface area (Å²) < 4.78 is 97.5. The van der Waals surface area contributed by atoms with E-state index in [2.05, 4.69) is 40.2 Å². The van der Waals surface area contributed by atoms with E-state index in [0.29, 0.717) is 66.8 Å². The maximum absolute atomic E-state index is 14.0. The number of halogens is 8. The number of aromatic amines is 1. The van der Waals surface area contributed by atoms with Gasteiger partial charge in [-0.2, -0.15) is 0 Å². The number of hydrogen-bond acceptors (Lipinski definition) is 19. The van der Waals surface area contributed by atoms with Gasteiger partial charge in [-0.3, -0.25) is 28.5 Å². The molecule has 9 aromatic rings. The van der Waals surface area contributed by atoms with Crippen LogP contribution in [0.15, 0.2) is 84.5 Å². The quantitative estimate of drug-likeness (QED) is 0.0401. The zero-order valence-electron chi connectivity index (χ0n) is 41.0. The third-order valence-corrected chi connectivity index (χ3v) is 18.0. The number of ether oxygens (including phenoxy) is 2. The van der Waals surface area contributed by atoms with Crippen LogP contribution in [0.3, 0.4) is 0 Å². The average Bonchev–Trinajstić information content (AvgIpc) is 4.21. The molecule has 416 valence electrons. The molecule has 0 bridgehead atoms. The van der Waals surface area contributed by atoms with E-state index in [9.17, 15) is 45.8 Å². The van der Waals surface area contributed by atoms with Gasteiger partial charge in [0.2, 0.25) is 0 Å². The van der Waals surface area contributed by atoms with E-state index in [0.717, 1.165) is 120 Å². The van der Waals surface area contributed by atoms with Gasteiger partial charge in [0.15, 0.2) is 83.4 Å². The number of nitrogens with one attached hydrogen (secondary N) is 2. The first-order valence-corrected chi connectivity index (χ1v) is 30.1. The van der Waals surface area contributed by atoms with Crippen LogP contribution in [0.1, 0.15) is 74.6 Å². The van der Waals surface area contributed by atoms with Crippen LogP contribution in [0.25, 0.3) is 31.0 Å². The normalized spacial score (nSPS) is 15.9. The highest BCUT2D eigenvalue weighted by Crippen LogP contribution is 2.35. The average molecular weight is 1240 g/mol. The number of nitrogens with zero attached hydrogens (tertiary/aromatic N) is 8. The molecule has 0 spiro atoms. The van der Waals surface area contributed by atoms with Crippen molar-refractivity contribution in [3.63, 3.8) is 0 Å². The van der Waals surface area contributed by atoms with Gasteiger partial charge in [-0.25, -0.2) is 56.2 Å². The Labute approximate surface area is 478 Å². The molecule has 8 heterocycles. The fraction of sp³-hybridized carbons (Fsp3) is 0.327. The van der Waals surface area contributed by atoms with Crippen LogP contribution in [0.2, 0.25) is 10.3 Å². The molecule has 16 nitrogen and oxygen atoms in total. The van der Waals surface area contributed by atoms with Crippen molar-refractivity contribution in [2.75, 3.05) is 25.1 Å². The summed E-state index contributed by atoms with van der Waals surface area (Å²) in [6, 6.07) is 11.7. The SMILES string of the molecule is C[C@H](CO)Nc1nc(SCc2cccc(F)c2F)nc2c1sc(=O)n2C1CCCCO1.O=c1[nH]c2nc(SCc3cccc(F)c3F)nc(Cl)c2s1.O=c1sc2c(Cl)nc(SCc3cccc(F)c3F)nc2n1C1CCCCO1. The first-order valence-electron chi connectivity index (χ1n) is 23.9. The summed E-state index contributed by atoms with van der Waals surface area (Å²) in [5.74, 6) is -4.54. The lowest BCUT2D eigenvalue weighted by Crippen LogP contribution is -2.25. The minimum atomic E-state index is -0.908. The van der Waals surface area contributed by atoms with Gasteiger partial charge in [0.25, 0.3) is 0 Å². The molecule has 6 aromatic heterocycles. The highest BCUT2D eigenvalue weighted by molar-refractivity contribution is 7.98. The van der Waals surface area contributed by atoms with Crippen LogP contribution in [0.4, 0.5) is 32.2 Å². The van der Waals surface area contributed by atoms with E-state index < -0.39 is 41.1 Å². The number of aromatic nitrogens is 9. The summed E-state index contributed by atoms with van der Waals surface area (Å²) in [5, 5.41) is 13.8. The predicted molar refractivity (Wildman–Crippen MR) is 297 cm³/mol. The largest absolute Gasteiger partial charge is 0.394 e. The first kappa shape index (κ1) is 58.5. The van der Waals surface area contributed by atoms with Crippen molar-refractivity contribution in [3.8, 4) is 0 Å². The molecule has 0 radical (unpaired) electrons. The summed E-state index contributed by atoms with van der Waals surface area (Å²) in [5.41, 5.74) is 1.81. The monoisotopic (exact) mass is 1240 g/mol. The van der Waals surface area contributed by atoms with Crippen molar-refractivity contribution < 1.29 is 40.9 Å². The summed E-state index contributed by atoms with van der Waals surface area (Å²) in [7, 11) is 0. The minimum Gasteiger partial charge on any atom is -0.394 e. The molecule has 3 N–H and O–H groups in total. The molecule has 2 unspecified atom stereocenters. The molecule has 2 aliphatic heterocycles. The molecule has 79 heavy (non-hydrogen) atoms. The Morgan fingerprint density at radius 3 is 1.54 bits per heavy atom. The summed E-state index contributed by atoms with van der Waals surface area (Å²) in [6.45, 7) is 2.83.